The second-order valence-corrected chi connectivity index (χ2v) is 7.41. The SMILES string of the molecule is CC(C)c1nc(CN(C)c2cc(C3CC3)nn3cnnc23)cs1. The van der Waals surface area contributed by atoms with Crippen molar-refractivity contribution in [3.05, 3.63) is 34.2 Å². The zero-order valence-corrected chi connectivity index (χ0v) is 14.4. The van der Waals surface area contributed by atoms with Gasteiger partial charge in [0, 0.05) is 24.3 Å². The zero-order valence-electron chi connectivity index (χ0n) is 13.6. The lowest BCUT2D eigenvalue weighted by Crippen LogP contribution is -2.18. The zero-order chi connectivity index (χ0) is 16.0. The number of rotatable bonds is 5. The number of hydrogen-bond acceptors (Lipinski definition) is 6. The van der Waals surface area contributed by atoms with E-state index in [-0.39, 0.29) is 0 Å². The average Bonchev–Trinajstić information content (AvgIpc) is 3.08. The van der Waals surface area contributed by atoms with Crippen molar-refractivity contribution in [3.63, 3.8) is 0 Å². The minimum Gasteiger partial charge on any atom is -0.366 e. The number of anilines is 1. The topological polar surface area (TPSA) is 59.2 Å². The van der Waals surface area contributed by atoms with Crippen molar-refractivity contribution in [3.8, 4) is 0 Å². The van der Waals surface area contributed by atoms with E-state index in [0.717, 1.165) is 29.3 Å². The molecule has 1 fully saturated rings. The first-order valence-corrected chi connectivity index (χ1v) is 8.86. The molecule has 7 heteroatoms. The van der Waals surface area contributed by atoms with Crippen molar-refractivity contribution in [2.45, 2.75) is 45.1 Å². The molecule has 0 amide bonds. The van der Waals surface area contributed by atoms with E-state index in [4.69, 9.17) is 4.98 Å². The molecule has 3 aromatic heterocycles. The van der Waals surface area contributed by atoms with Crippen LogP contribution in [0.15, 0.2) is 17.8 Å². The maximum atomic E-state index is 4.73. The summed E-state index contributed by atoms with van der Waals surface area (Å²) < 4.78 is 1.79. The molecule has 3 aromatic rings. The Morgan fingerprint density at radius 2 is 2.22 bits per heavy atom. The third-order valence-electron chi connectivity index (χ3n) is 4.14. The van der Waals surface area contributed by atoms with Crippen molar-refractivity contribution in [2.24, 2.45) is 0 Å². The van der Waals surface area contributed by atoms with Gasteiger partial charge in [0.1, 0.15) is 6.33 Å². The van der Waals surface area contributed by atoms with Gasteiger partial charge in [-0.1, -0.05) is 13.8 Å². The van der Waals surface area contributed by atoms with E-state index in [1.54, 1.807) is 22.2 Å². The van der Waals surface area contributed by atoms with Crippen LogP contribution in [0.5, 0.6) is 0 Å². The predicted octanol–water partition coefficient (Wildman–Crippen LogP) is 3.22. The van der Waals surface area contributed by atoms with Crippen molar-refractivity contribution >= 4 is 22.7 Å². The van der Waals surface area contributed by atoms with Gasteiger partial charge in [-0.05, 0) is 18.9 Å². The lowest BCUT2D eigenvalue weighted by molar-refractivity contribution is 0.812. The number of hydrogen-bond donors (Lipinski definition) is 0. The Morgan fingerprint density at radius 1 is 1.39 bits per heavy atom. The van der Waals surface area contributed by atoms with Crippen molar-refractivity contribution in [1.29, 1.82) is 0 Å². The van der Waals surface area contributed by atoms with Crippen LogP contribution < -0.4 is 4.90 Å². The summed E-state index contributed by atoms with van der Waals surface area (Å²) >= 11 is 1.73. The van der Waals surface area contributed by atoms with Crippen LogP contribution in [0.3, 0.4) is 0 Å². The predicted molar refractivity (Wildman–Crippen MR) is 91.1 cm³/mol. The molecule has 0 aliphatic heterocycles. The van der Waals surface area contributed by atoms with Gasteiger partial charge in [0.2, 0.25) is 5.65 Å². The Morgan fingerprint density at radius 3 is 2.91 bits per heavy atom. The molecule has 4 rings (SSSR count). The van der Waals surface area contributed by atoms with Crippen LogP contribution in [0.25, 0.3) is 5.65 Å². The third kappa shape index (κ3) is 2.81. The first kappa shape index (κ1) is 14.6. The van der Waals surface area contributed by atoms with E-state index >= 15 is 0 Å². The molecule has 0 saturated heterocycles. The van der Waals surface area contributed by atoms with Gasteiger partial charge in [-0.15, -0.1) is 21.5 Å². The Labute approximate surface area is 139 Å². The van der Waals surface area contributed by atoms with Gasteiger partial charge in [-0.25, -0.2) is 4.98 Å². The Balaban J connectivity index is 1.65. The molecule has 0 atom stereocenters. The molecule has 0 radical (unpaired) electrons. The second-order valence-electron chi connectivity index (χ2n) is 6.52. The number of nitrogens with zero attached hydrogens (tertiary/aromatic N) is 6. The summed E-state index contributed by atoms with van der Waals surface area (Å²) in [5, 5.41) is 16.2. The minimum atomic E-state index is 0.477. The molecule has 0 unspecified atom stereocenters. The minimum absolute atomic E-state index is 0.477. The van der Waals surface area contributed by atoms with E-state index < -0.39 is 0 Å². The van der Waals surface area contributed by atoms with Gasteiger partial charge in [-0.3, -0.25) is 0 Å². The first-order valence-electron chi connectivity index (χ1n) is 7.98. The van der Waals surface area contributed by atoms with E-state index in [1.807, 2.05) is 0 Å². The van der Waals surface area contributed by atoms with Crippen LogP contribution in [-0.4, -0.2) is 31.8 Å². The summed E-state index contributed by atoms with van der Waals surface area (Å²) in [5.41, 5.74) is 4.11. The highest BCUT2D eigenvalue weighted by molar-refractivity contribution is 7.09. The van der Waals surface area contributed by atoms with Gasteiger partial charge in [0.15, 0.2) is 0 Å². The van der Waals surface area contributed by atoms with Gasteiger partial charge < -0.3 is 4.90 Å². The summed E-state index contributed by atoms with van der Waals surface area (Å²) in [7, 11) is 2.08. The number of aromatic nitrogens is 5. The molecule has 0 N–H and O–H groups in total. The lowest BCUT2D eigenvalue weighted by Gasteiger charge is -2.19. The van der Waals surface area contributed by atoms with Gasteiger partial charge >= 0.3 is 0 Å². The highest BCUT2D eigenvalue weighted by atomic mass is 32.1. The molecule has 120 valence electrons. The van der Waals surface area contributed by atoms with Crippen molar-refractivity contribution in [1.82, 2.24) is 24.8 Å². The molecule has 0 aromatic carbocycles. The molecule has 6 nitrogen and oxygen atoms in total. The van der Waals surface area contributed by atoms with Crippen LogP contribution in [0, 0.1) is 0 Å². The fraction of sp³-hybridized carbons (Fsp3) is 0.500. The molecular formula is C16H20N6S. The van der Waals surface area contributed by atoms with Gasteiger partial charge in [0.05, 0.1) is 28.6 Å². The molecule has 1 aliphatic rings. The van der Waals surface area contributed by atoms with E-state index in [0.29, 0.717) is 11.8 Å². The summed E-state index contributed by atoms with van der Waals surface area (Å²) in [4.78, 5) is 6.92. The monoisotopic (exact) mass is 328 g/mol. The summed E-state index contributed by atoms with van der Waals surface area (Å²) in [6, 6.07) is 2.16. The molecule has 0 spiro atoms. The Hall–Kier alpha value is -2.02. The van der Waals surface area contributed by atoms with Crippen molar-refractivity contribution in [2.75, 3.05) is 11.9 Å². The van der Waals surface area contributed by atoms with Crippen LogP contribution in [0.1, 0.15) is 54.9 Å². The fourth-order valence-corrected chi connectivity index (χ4v) is 3.50. The van der Waals surface area contributed by atoms with Crippen LogP contribution >= 0.6 is 11.3 Å². The van der Waals surface area contributed by atoms with Crippen LogP contribution in [0.4, 0.5) is 5.69 Å². The number of thiazole rings is 1. The maximum Gasteiger partial charge on any atom is 0.200 e. The smallest absolute Gasteiger partial charge is 0.200 e. The van der Waals surface area contributed by atoms with Gasteiger partial charge in [-0.2, -0.15) is 9.61 Å². The molecule has 0 bridgehead atoms. The molecule has 23 heavy (non-hydrogen) atoms. The van der Waals surface area contributed by atoms with Crippen LogP contribution in [0.2, 0.25) is 0 Å². The first-order chi connectivity index (χ1) is 11.1. The van der Waals surface area contributed by atoms with E-state index in [1.165, 1.54) is 17.8 Å². The average molecular weight is 328 g/mol. The number of fused-ring (bicyclic) bond motifs is 1. The molecule has 3 heterocycles. The highest BCUT2D eigenvalue weighted by Crippen LogP contribution is 2.40. The van der Waals surface area contributed by atoms with Gasteiger partial charge in [0.25, 0.3) is 0 Å². The molecular weight excluding hydrogens is 308 g/mol. The summed E-state index contributed by atoms with van der Waals surface area (Å²) in [5.74, 6) is 1.07. The Bertz CT molecular complexity index is 832. The van der Waals surface area contributed by atoms with E-state index in [2.05, 4.69) is 52.5 Å². The maximum absolute atomic E-state index is 4.73. The second kappa shape index (κ2) is 5.56. The quantitative estimate of drug-likeness (QED) is 0.720. The standard InChI is InChI=1S/C16H20N6S/c1-10(2)16-18-12(8-23-16)7-21(3)14-6-13(11-4-5-11)20-22-9-17-19-15(14)22/h6,8-11H,4-5,7H2,1-3H3. The summed E-state index contributed by atoms with van der Waals surface area (Å²) in [6.45, 7) is 5.12. The lowest BCUT2D eigenvalue weighted by atomic mass is 10.2. The van der Waals surface area contributed by atoms with Crippen LogP contribution in [-0.2, 0) is 6.54 Å². The largest absolute Gasteiger partial charge is 0.366 e. The normalized spacial score (nSPS) is 14.8. The third-order valence-corrected chi connectivity index (χ3v) is 5.33. The highest BCUT2D eigenvalue weighted by Gasteiger charge is 2.27. The molecule has 1 aliphatic carbocycles. The van der Waals surface area contributed by atoms with E-state index in [9.17, 15) is 0 Å². The summed E-state index contributed by atoms with van der Waals surface area (Å²) in [6.07, 6.45) is 4.14. The van der Waals surface area contributed by atoms with Crippen molar-refractivity contribution < 1.29 is 0 Å². The molecule has 1 saturated carbocycles. The Kier molecular flexibility index (Phi) is 3.52. The fourth-order valence-electron chi connectivity index (χ4n) is 2.68.